The number of allylic oxidation sites excluding steroid dienone is 4. The number of benzene rings is 7. The summed E-state index contributed by atoms with van der Waals surface area (Å²) in [5.74, 6) is 0. The zero-order chi connectivity index (χ0) is 32.1. The highest BCUT2D eigenvalue weighted by atomic mass is 14.9. The number of hydrogen-bond acceptors (Lipinski definition) is 2. The van der Waals surface area contributed by atoms with Crippen LogP contribution in [0.2, 0.25) is 0 Å². The molecule has 8 rings (SSSR count). The van der Waals surface area contributed by atoms with Crippen LogP contribution in [0, 0.1) is 0 Å². The Labute approximate surface area is 282 Å². The normalized spacial score (nSPS) is 12.5. The molecule has 0 saturated heterocycles. The summed E-state index contributed by atoms with van der Waals surface area (Å²) >= 11 is 0. The lowest BCUT2D eigenvalue weighted by molar-refractivity contribution is 1.04. The maximum atomic E-state index is 3.88. The van der Waals surface area contributed by atoms with Crippen molar-refractivity contribution in [3.8, 4) is 33.4 Å². The van der Waals surface area contributed by atoms with E-state index in [1.165, 1.54) is 55.3 Å². The first kappa shape index (κ1) is 29.3. The number of rotatable bonds is 8. The molecule has 48 heavy (non-hydrogen) atoms. The summed E-state index contributed by atoms with van der Waals surface area (Å²) in [6, 6.07) is 58.2. The van der Waals surface area contributed by atoms with Crippen LogP contribution >= 0.6 is 0 Å². The van der Waals surface area contributed by atoms with Crippen LogP contribution in [0.15, 0.2) is 182 Å². The second kappa shape index (κ2) is 13.3. The van der Waals surface area contributed by atoms with Crippen LogP contribution in [0.3, 0.4) is 0 Å². The minimum Gasteiger partial charge on any atom is -0.354 e. The molecule has 1 aliphatic carbocycles. The van der Waals surface area contributed by atoms with Gasteiger partial charge in [0, 0.05) is 45.0 Å². The van der Waals surface area contributed by atoms with Crippen LogP contribution in [0.25, 0.3) is 49.7 Å². The number of hydrogen-bond donors (Lipinski definition) is 2. The standard InChI is InChI=1S/C46H36N2/c1-5-17-33(18-6-1)37-25-13-15-27-41(37)47-43-31-29-40-39(45(43)35-21-9-3-10-22-35)30-32-44(46(40)36-23-11-4-12-24-36)48-42-28-16-14-26-38(42)34-19-7-2-8-20-34/h1-3,5-11,13-32,47-48H,4,12H2. The second-order valence-corrected chi connectivity index (χ2v) is 12.1. The molecule has 0 amide bonds. The molecule has 0 saturated carbocycles. The molecule has 0 fully saturated rings. The third kappa shape index (κ3) is 5.81. The van der Waals surface area contributed by atoms with Crippen molar-refractivity contribution in [3.05, 3.63) is 188 Å². The van der Waals surface area contributed by atoms with Crippen LogP contribution < -0.4 is 10.6 Å². The van der Waals surface area contributed by atoms with E-state index in [2.05, 4.69) is 193 Å². The molecule has 0 bridgehead atoms. The van der Waals surface area contributed by atoms with Crippen LogP contribution in [0.4, 0.5) is 22.7 Å². The molecule has 0 spiro atoms. The van der Waals surface area contributed by atoms with E-state index in [9.17, 15) is 0 Å². The van der Waals surface area contributed by atoms with Gasteiger partial charge in [0.2, 0.25) is 0 Å². The molecule has 0 heterocycles. The van der Waals surface area contributed by atoms with Crippen LogP contribution in [0.5, 0.6) is 0 Å². The summed E-state index contributed by atoms with van der Waals surface area (Å²) in [7, 11) is 0. The molecular weight excluding hydrogens is 581 g/mol. The van der Waals surface area contributed by atoms with Gasteiger partial charge in [-0.05, 0) is 70.1 Å². The van der Waals surface area contributed by atoms with Crippen molar-refractivity contribution in [1.82, 2.24) is 0 Å². The van der Waals surface area contributed by atoms with Gasteiger partial charge < -0.3 is 10.6 Å². The predicted molar refractivity (Wildman–Crippen MR) is 206 cm³/mol. The summed E-state index contributed by atoms with van der Waals surface area (Å²) in [4.78, 5) is 0. The van der Waals surface area contributed by atoms with Crippen molar-refractivity contribution in [2.24, 2.45) is 0 Å². The monoisotopic (exact) mass is 616 g/mol. The topological polar surface area (TPSA) is 24.1 Å². The van der Waals surface area contributed by atoms with Crippen molar-refractivity contribution in [1.29, 1.82) is 0 Å². The molecule has 2 N–H and O–H groups in total. The lowest BCUT2D eigenvalue weighted by Gasteiger charge is -2.22. The third-order valence-electron chi connectivity index (χ3n) is 9.11. The molecule has 7 aromatic carbocycles. The first-order valence-corrected chi connectivity index (χ1v) is 16.7. The number of nitrogens with one attached hydrogen (secondary N) is 2. The molecule has 2 heteroatoms. The maximum Gasteiger partial charge on any atom is 0.0470 e. The fourth-order valence-corrected chi connectivity index (χ4v) is 6.85. The Morgan fingerprint density at radius 2 is 0.812 bits per heavy atom. The lowest BCUT2D eigenvalue weighted by atomic mass is 9.88. The first-order chi connectivity index (χ1) is 23.8. The molecule has 230 valence electrons. The molecule has 0 unspecified atom stereocenters. The highest BCUT2D eigenvalue weighted by Gasteiger charge is 2.19. The highest BCUT2D eigenvalue weighted by molar-refractivity contribution is 6.11. The van der Waals surface area contributed by atoms with Crippen LogP contribution in [-0.2, 0) is 0 Å². The van der Waals surface area contributed by atoms with Crippen molar-refractivity contribution in [2.75, 3.05) is 10.6 Å². The van der Waals surface area contributed by atoms with E-state index in [1.54, 1.807) is 0 Å². The largest absolute Gasteiger partial charge is 0.354 e. The minimum atomic E-state index is 1.03. The Kier molecular flexibility index (Phi) is 8.13. The van der Waals surface area contributed by atoms with Gasteiger partial charge in [0.05, 0.1) is 0 Å². The average Bonchev–Trinajstić information content (AvgIpc) is 3.16. The molecule has 7 aromatic rings. The van der Waals surface area contributed by atoms with Gasteiger partial charge in [-0.15, -0.1) is 0 Å². The van der Waals surface area contributed by atoms with Gasteiger partial charge in [-0.3, -0.25) is 0 Å². The average molecular weight is 617 g/mol. The Morgan fingerprint density at radius 1 is 0.354 bits per heavy atom. The van der Waals surface area contributed by atoms with Crippen LogP contribution in [-0.4, -0.2) is 0 Å². The van der Waals surface area contributed by atoms with E-state index in [4.69, 9.17) is 0 Å². The van der Waals surface area contributed by atoms with Crippen molar-refractivity contribution in [2.45, 2.75) is 12.8 Å². The number of anilines is 4. The summed E-state index contributed by atoms with van der Waals surface area (Å²) in [6.45, 7) is 0. The van der Waals surface area contributed by atoms with Crippen molar-refractivity contribution < 1.29 is 0 Å². The quantitative estimate of drug-likeness (QED) is 0.177. The van der Waals surface area contributed by atoms with E-state index in [-0.39, 0.29) is 0 Å². The fraction of sp³-hybridized carbons (Fsp3) is 0.0435. The minimum absolute atomic E-state index is 1.03. The molecule has 0 atom stereocenters. The highest BCUT2D eigenvalue weighted by Crippen LogP contribution is 2.44. The molecule has 0 aliphatic heterocycles. The molecular formula is C46H36N2. The lowest BCUT2D eigenvalue weighted by Crippen LogP contribution is -2.01. The van der Waals surface area contributed by atoms with E-state index in [0.717, 1.165) is 35.6 Å². The Morgan fingerprint density at radius 3 is 1.33 bits per heavy atom. The SMILES string of the molecule is C1=CC(c2c(Nc3ccccc3-c3ccccc3)ccc3c(-c4ccccc4)c(Nc4ccccc4-c4ccccc4)ccc23)=CCC1. The summed E-state index contributed by atoms with van der Waals surface area (Å²) in [6.07, 6.45) is 9.07. The summed E-state index contributed by atoms with van der Waals surface area (Å²) < 4.78 is 0. The van der Waals surface area contributed by atoms with Crippen molar-refractivity contribution >= 4 is 39.1 Å². The Bertz CT molecular complexity index is 2270. The first-order valence-electron chi connectivity index (χ1n) is 16.7. The Balaban J connectivity index is 1.31. The van der Waals surface area contributed by atoms with Gasteiger partial charge in [0.1, 0.15) is 0 Å². The maximum absolute atomic E-state index is 3.88. The van der Waals surface area contributed by atoms with Gasteiger partial charge in [-0.25, -0.2) is 0 Å². The van der Waals surface area contributed by atoms with Crippen LogP contribution in [0.1, 0.15) is 18.4 Å². The zero-order valence-electron chi connectivity index (χ0n) is 26.7. The predicted octanol–water partition coefficient (Wildman–Crippen LogP) is 13.1. The third-order valence-corrected chi connectivity index (χ3v) is 9.11. The molecule has 0 radical (unpaired) electrons. The van der Waals surface area contributed by atoms with Gasteiger partial charge in [0.25, 0.3) is 0 Å². The number of para-hydroxylation sites is 2. The molecule has 0 aromatic heterocycles. The van der Waals surface area contributed by atoms with Crippen molar-refractivity contribution in [3.63, 3.8) is 0 Å². The van der Waals surface area contributed by atoms with Gasteiger partial charge in [-0.1, -0.05) is 158 Å². The summed E-state index contributed by atoms with van der Waals surface area (Å²) in [5, 5.41) is 10.2. The van der Waals surface area contributed by atoms with Gasteiger partial charge in [-0.2, -0.15) is 0 Å². The van der Waals surface area contributed by atoms with E-state index in [1.807, 2.05) is 0 Å². The van der Waals surface area contributed by atoms with Gasteiger partial charge >= 0.3 is 0 Å². The summed E-state index contributed by atoms with van der Waals surface area (Å²) in [5.41, 5.74) is 13.9. The molecule has 2 nitrogen and oxygen atoms in total. The smallest absolute Gasteiger partial charge is 0.0470 e. The van der Waals surface area contributed by atoms with Gasteiger partial charge in [0.15, 0.2) is 0 Å². The van der Waals surface area contributed by atoms with E-state index in [0.29, 0.717) is 0 Å². The zero-order valence-corrected chi connectivity index (χ0v) is 26.7. The second-order valence-electron chi connectivity index (χ2n) is 12.1. The fourth-order valence-electron chi connectivity index (χ4n) is 6.85. The van der Waals surface area contributed by atoms with E-state index >= 15 is 0 Å². The number of fused-ring (bicyclic) bond motifs is 1. The Hall–Kier alpha value is -6.12. The van der Waals surface area contributed by atoms with E-state index < -0.39 is 0 Å². The molecule has 1 aliphatic rings.